The van der Waals surface area contributed by atoms with Gasteiger partial charge in [-0.1, -0.05) is 66.6 Å². The van der Waals surface area contributed by atoms with Crippen molar-refractivity contribution in [3.8, 4) is 11.3 Å². The van der Waals surface area contributed by atoms with E-state index in [1.54, 1.807) is 30.3 Å². The highest BCUT2D eigenvalue weighted by atomic mass is 35.5. The zero-order valence-electron chi connectivity index (χ0n) is 19.8. The van der Waals surface area contributed by atoms with Crippen LogP contribution in [0.1, 0.15) is 25.8 Å². The molecule has 0 saturated carbocycles. The van der Waals surface area contributed by atoms with Crippen LogP contribution < -0.4 is 5.32 Å². The Kier molecular flexibility index (Phi) is 11.2. The van der Waals surface area contributed by atoms with Crippen molar-refractivity contribution in [2.75, 3.05) is 25.6 Å². The predicted molar refractivity (Wildman–Crippen MR) is 137 cm³/mol. The van der Waals surface area contributed by atoms with Crippen molar-refractivity contribution in [1.82, 2.24) is 10.1 Å². The molecule has 38 heavy (non-hydrogen) atoms. The second kappa shape index (κ2) is 13.8. The van der Waals surface area contributed by atoms with Gasteiger partial charge in [-0.3, -0.25) is 10.1 Å². The smallest absolute Gasteiger partial charge is 0.414 e. The highest BCUT2D eigenvalue weighted by molar-refractivity contribution is 6.31. The molecule has 0 aliphatic heterocycles. The Morgan fingerprint density at radius 1 is 1.21 bits per heavy atom. The predicted octanol–water partition coefficient (Wildman–Crippen LogP) is 5.80. The molecule has 12 heteroatoms. The van der Waals surface area contributed by atoms with Crippen molar-refractivity contribution in [3.05, 3.63) is 71.0 Å². The monoisotopic (exact) mass is 555 g/mol. The van der Waals surface area contributed by atoms with Crippen molar-refractivity contribution in [2.45, 2.75) is 38.7 Å². The third-order valence-electron chi connectivity index (χ3n) is 5.56. The number of hydrogen-bond acceptors (Lipinski definition) is 6. The van der Waals surface area contributed by atoms with Crippen LogP contribution in [0.25, 0.3) is 11.3 Å². The number of amides is 2. The van der Waals surface area contributed by atoms with Gasteiger partial charge < -0.3 is 19.3 Å². The Morgan fingerprint density at radius 2 is 1.92 bits per heavy atom. The van der Waals surface area contributed by atoms with E-state index in [-0.39, 0.29) is 31.2 Å². The van der Waals surface area contributed by atoms with Crippen LogP contribution in [0.3, 0.4) is 0 Å². The van der Waals surface area contributed by atoms with Crippen molar-refractivity contribution >= 4 is 29.5 Å². The van der Waals surface area contributed by atoms with Crippen LogP contribution in [-0.4, -0.2) is 59.4 Å². The molecule has 8 nitrogen and oxygen atoms in total. The van der Waals surface area contributed by atoms with Crippen LogP contribution >= 0.6 is 11.6 Å². The SMILES string of the molecule is C.CN(C(=O)CCc1cccc(F)c1Cl)[C@H](COC(=O)Nc1cc(-c2ccccc2)no1)CC(F)(F)CO. The summed E-state index contributed by atoms with van der Waals surface area (Å²) in [7, 11) is 1.28. The summed E-state index contributed by atoms with van der Waals surface area (Å²) in [5.74, 6) is -4.76. The first-order chi connectivity index (χ1) is 17.6. The fourth-order valence-corrected chi connectivity index (χ4v) is 3.69. The number of aryl methyl sites for hydroxylation is 1. The number of benzene rings is 2. The van der Waals surface area contributed by atoms with Gasteiger partial charge in [0, 0.05) is 31.5 Å². The summed E-state index contributed by atoms with van der Waals surface area (Å²) in [6.45, 7) is -2.04. The number of nitrogens with zero attached hydrogens (tertiary/aromatic N) is 2. The van der Waals surface area contributed by atoms with E-state index in [4.69, 9.17) is 26.0 Å². The van der Waals surface area contributed by atoms with Gasteiger partial charge in [-0.25, -0.2) is 18.0 Å². The third kappa shape index (κ3) is 8.49. The second-order valence-electron chi connectivity index (χ2n) is 8.26. The van der Waals surface area contributed by atoms with Gasteiger partial charge in [0.05, 0.1) is 11.1 Å². The van der Waals surface area contributed by atoms with Crippen molar-refractivity contribution < 1.29 is 37.1 Å². The molecule has 0 radical (unpaired) electrons. The van der Waals surface area contributed by atoms with Gasteiger partial charge in [0.2, 0.25) is 11.8 Å². The van der Waals surface area contributed by atoms with Crippen LogP contribution in [0.5, 0.6) is 0 Å². The molecule has 2 amide bonds. The quantitative estimate of drug-likeness (QED) is 0.310. The van der Waals surface area contributed by atoms with Crippen molar-refractivity contribution in [2.24, 2.45) is 0 Å². The molecule has 206 valence electrons. The Labute approximate surface area is 223 Å². The third-order valence-corrected chi connectivity index (χ3v) is 5.98. The summed E-state index contributed by atoms with van der Waals surface area (Å²) in [4.78, 5) is 26.0. The highest BCUT2D eigenvalue weighted by Crippen LogP contribution is 2.25. The van der Waals surface area contributed by atoms with Crippen LogP contribution in [-0.2, 0) is 16.0 Å². The Hall–Kier alpha value is -3.57. The lowest BCUT2D eigenvalue weighted by Crippen LogP contribution is -2.45. The number of aromatic nitrogens is 1. The molecule has 0 fully saturated rings. The van der Waals surface area contributed by atoms with E-state index in [2.05, 4.69) is 10.5 Å². The molecule has 1 heterocycles. The average molecular weight is 556 g/mol. The maximum Gasteiger partial charge on any atom is 0.414 e. The molecule has 3 aromatic rings. The van der Waals surface area contributed by atoms with Gasteiger partial charge in [0.15, 0.2) is 0 Å². The zero-order valence-corrected chi connectivity index (χ0v) is 20.6. The van der Waals surface area contributed by atoms with Gasteiger partial charge in [0.25, 0.3) is 5.92 Å². The average Bonchev–Trinajstić information content (AvgIpc) is 3.35. The number of alkyl halides is 2. The maximum absolute atomic E-state index is 14.0. The molecular weight excluding hydrogens is 527 g/mol. The van der Waals surface area contributed by atoms with E-state index in [0.29, 0.717) is 11.3 Å². The molecule has 0 saturated heterocycles. The summed E-state index contributed by atoms with van der Waals surface area (Å²) in [6, 6.07) is 13.4. The molecule has 1 atom stereocenters. The number of aliphatic hydroxyl groups excluding tert-OH is 1. The number of nitrogens with one attached hydrogen (secondary N) is 1. The topological polar surface area (TPSA) is 105 Å². The fraction of sp³-hybridized carbons (Fsp3) is 0.346. The van der Waals surface area contributed by atoms with Crippen LogP contribution in [0.2, 0.25) is 5.02 Å². The number of aliphatic hydroxyl groups is 1. The number of halogens is 4. The Bertz CT molecular complexity index is 1210. The lowest BCUT2D eigenvalue weighted by molar-refractivity contribution is -0.136. The molecule has 2 N–H and O–H groups in total. The number of hydrogen-bond donors (Lipinski definition) is 2. The molecule has 2 aromatic carbocycles. The van der Waals surface area contributed by atoms with Crippen LogP contribution in [0.4, 0.5) is 23.8 Å². The maximum atomic E-state index is 14.0. The second-order valence-corrected chi connectivity index (χ2v) is 8.63. The molecule has 0 aliphatic rings. The first-order valence-electron chi connectivity index (χ1n) is 11.2. The molecular formula is C26H29ClF3N3O5. The van der Waals surface area contributed by atoms with E-state index in [1.165, 1.54) is 25.2 Å². The highest BCUT2D eigenvalue weighted by Gasteiger charge is 2.35. The lowest BCUT2D eigenvalue weighted by Gasteiger charge is -2.30. The summed E-state index contributed by atoms with van der Waals surface area (Å²) in [6.07, 6.45) is -2.06. The normalized spacial score (nSPS) is 11.8. The molecule has 0 bridgehead atoms. The van der Waals surface area contributed by atoms with Crippen molar-refractivity contribution in [1.29, 1.82) is 0 Å². The van der Waals surface area contributed by atoms with E-state index < -0.39 is 49.4 Å². The van der Waals surface area contributed by atoms with E-state index in [1.807, 2.05) is 6.07 Å². The van der Waals surface area contributed by atoms with Gasteiger partial charge in [0.1, 0.15) is 24.7 Å². The molecule has 1 aromatic heterocycles. The van der Waals surface area contributed by atoms with Crippen LogP contribution in [0, 0.1) is 5.82 Å². The first-order valence-corrected chi connectivity index (χ1v) is 11.6. The van der Waals surface area contributed by atoms with Gasteiger partial charge in [-0.05, 0) is 18.1 Å². The molecule has 0 spiro atoms. The Balaban J connectivity index is 0.00000507. The number of carbonyl (C=O) groups excluding carboxylic acids is 2. The van der Waals surface area contributed by atoms with E-state index in [9.17, 15) is 22.8 Å². The van der Waals surface area contributed by atoms with Gasteiger partial charge >= 0.3 is 6.09 Å². The summed E-state index contributed by atoms with van der Waals surface area (Å²) in [5, 5.41) is 15.0. The van der Waals surface area contributed by atoms with Crippen LogP contribution in [0.15, 0.2) is 59.1 Å². The Morgan fingerprint density at radius 3 is 2.61 bits per heavy atom. The number of anilines is 1. The minimum absolute atomic E-state index is 0. The van der Waals surface area contributed by atoms with Gasteiger partial charge in [-0.15, -0.1) is 0 Å². The van der Waals surface area contributed by atoms with E-state index >= 15 is 0 Å². The minimum atomic E-state index is -3.53. The number of ether oxygens (including phenoxy) is 1. The minimum Gasteiger partial charge on any atom is -0.447 e. The largest absolute Gasteiger partial charge is 0.447 e. The number of rotatable bonds is 11. The lowest BCUT2D eigenvalue weighted by atomic mass is 10.1. The first kappa shape index (κ1) is 30.7. The fourth-order valence-electron chi connectivity index (χ4n) is 3.47. The molecule has 0 aliphatic carbocycles. The molecule has 3 rings (SSSR count). The summed E-state index contributed by atoms with van der Waals surface area (Å²) >= 11 is 5.91. The number of carbonyl (C=O) groups is 2. The summed E-state index contributed by atoms with van der Waals surface area (Å²) in [5.41, 5.74) is 1.59. The summed E-state index contributed by atoms with van der Waals surface area (Å²) < 4.78 is 51.7. The van der Waals surface area contributed by atoms with Gasteiger partial charge in [-0.2, -0.15) is 0 Å². The van der Waals surface area contributed by atoms with Crippen molar-refractivity contribution in [3.63, 3.8) is 0 Å². The molecule has 0 unspecified atom stereocenters. The zero-order chi connectivity index (χ0) is 27.0. The van der Waals surface area contributed by atoms with E-state index in [0.717, 1.165) is 10.5 Å². The number of likely N-dealkylation sites (N-methyl/N-ethyl adjacent to an activating group) is 1. The standard InChI is InChI=1S/C25H25ClF3N3O5.CH4/c1-32(22(34)11-10-17-8-5-9-19(27)23(17)26)18(13-25(28,29)15-33)14-36-24(35)30-21-12-20(31-37-21)16-6-3-2-4-7-16;/h2-9,12,18,33H,10-11,13-15H2,1H3,(H,30,35);1H4/t18-;/m0./s1.